The van der Waals surface area contributed by atoms with Crippen LogP contribution < -0.4 is 10.1 Å². The molecule has 0 radical (unpaired) electrons. The molecule has 6 heteroatoms. The van der Waals surface area contributed by atoms with E-state index in [1.54, 1.807) is 48.5 Å². The van der Waals surface area contributed by atoms with Crippen molar-refractivity contribution >= 4 is 11.9 Å². The molecule has 1 amide bonds. The zero-order valence-corrected chi connectivity index (χ0v) is 11.9. The lowest BCUT2D eigenvalue weighted by molar-refractivity contribution is 0.215. The van der Waals surface area contributed by atoms with E-state index < -0.39 is 6.09 Å². The first-order valence-electron chi connectivity index (χ1n) is 6.84. The van der Waals surface area contributed by atoms with Gasteiger partial charge in [-0.3, -0.25) is 5.32 Å². The molecule has 0 aliphatic carbocycles. The summed E-state index contributed by atoms with van der Waals surface area (Å²) in [7, 11) is 0. The van der Waals surface area contributed by atoms with Crippen LogP contribution in [0.5, 0.6) is 5.75 Å². The molecule has 2 aromatic carbocycles. The topological polar surface area (TPSA) is 64.1 Å². The number of amides is 1. The van der Waals surface area contributed by atoms with Crippen LogP contribution >= 0.6 is 0 Å². The van der Waals surface area contributed by atoms with Gasteiger partial charge in [-0.1, -0.05) is 30.3 Å². The van der Waals surface area contributed by atoms with Gasteiger partial charge in [0.2, 0.25) is 0 Å². The van der Waals surface area contributed by atoms with Crippen LogP contribution in [0.4, 0.5) is 15.0 Å². The predicted octanol–water partition coefficient (Wildman–Crippen LogP) is 3.89. The highest BCUT2D eigenvalue weighted by Crippen LogP contribution is 2.18. The van der Waals surface area contributed by atoms with Crippen LogP contribution in [0.1, 0.15) is 0 Å². The second-order valence-electron chi connectivity index (χ2n) is 4.64. The lowest BCUT2D eigenvalue weighted by Gasteiger charge is -2.06. The van der Waals surface area contributed by atoms with E-state index in [-0.39, 0.29) is 11.6 Å². The summed E-state index contributed by atoms with van der Waals surface area (Å²) in [6, 6.07) is 17.9. The number of anilines is 1. The Hall–Kier alpha value is -3.28. The van der Waals surface area contributed by atoms with Crippen molar-refractivity contribution in [2.75, 3.05) is 5.32 Å². The van der Waals surface area contributed by atoms with Gasteiger partial charge in [0.05, 0.1) is 5.69 Å². The summed E-state index contributed by atoms with van der Waals surface area (Å²) in [4.78, 5) is 11.7. The number of nitrogens with one attached hydrogen (secondary N) is 1. The first-order valence-corrected chi connectivity index (χ1v) is 6.84. The predicted molar refractivity (Wildman–Crippen MR) is 83.5 cm³/mol. The van der Waals surface area contributed by atoms with E-state index in [1.165, 1.54) is 12.1 Å². The molecule has 0 bridgehead atoms. The number of carbonyl (C=O) groups is 1. The maximum absolute atomic E-state index is 13.2. The third-order valence-electron chi connectivity index (χ3n) is 2.97. The Morgan fingerprint density at radius 3 is 2.48 bits per heavy atom. The molecule has 0 saturated heterocycles. The molecule has 3 aromatic rings. The number of hydrogen-bond acceptors (Lipinski definition) is 4. The first-order chi connectivity index (χ1) is 11.2. The molecule has 5 nitrogen and oxygen atoms in total. The third kappa shape index (κ3) is 3.88. The molecule has 0 aliphatic rings. The normalized spacial score (nSPS) is 10.1. The summed E-state index contributed by atoms with van der Waals surface area (Å²) in [5, 5.41) is 10.3. The Morgan fingerprint density at radius 1 is 0.957 bits per heavy atom. The van der Waals surface area contributed by atoms with Crippen LogP contribution in [0.2, 0.25) is 0 Å². The number of ether oxygens (including phenoxy) is 1. The van der Waals surface area contributed by atoms with Gasteiger partial charge >= 0.3 is 6.09 Å². The van der Waals surface area contributed by atoms with E-state index in [1.807, 2.05) is 6.07 Å². The third-order valence-corrected chi connectivity index (χ3v) is 2.97. The fourth-order valence-electron chi connectivity index (χ4n) is 1.93. The lowest BCUT2D eigenvalue weighted by Crippen LogP contribution is -2.17. The van der Waals surface area contributed by atoms with Gasteiger partial charge in [0.1, 0.15) is 11.6 Å². The van der Waals surface area contributed by atoms with Crippen LogP contribution in [0.15, 0.2) is 66.7 Å². The van der Waals surface area contributed by atoms with Crippen molar-refractivity contribution in [1.29, 1.82) is 0 Å². The number of nitrogens with zero attached hydrogens (tertiary/aromatic N) is 2. The highest BCUT2D eigenvalue weighted by molar-refractivity contribution is 5.85. The monoisotopic (exact) mass is 309 g/mol. The van der Waals surface area contributed by atoms with Crippen molar-refractivity contribution in [2.24, 2.45) is 0 Å². The molecular weight excluding hydrogens is 297 g/mol. The molecule has 0 spiro atoms. The molecule has 3 rings (SSSR count). The average Bonchev–Trinajstić information content (AvgIpc) is 2.56. The van der Waals surface area contributed by atoms with Crippen LogP contribution in [-0.2, 0) is 0 Å². The molecule has 0 atom stereocenters. The van der Waals surface area contributed by atoms with E-state index in [0.717, 1.165) is 0 Å². The minimum absolute atomic E-state index is 0.242. The number of carbonyl (C=O) groups excluding carboxylic acids is 1. The lowest BCUT2D eigenvalue weighted by atomic mass is 10.1. The van der Waals surface area contributed by atoms with Crippen LogP contribution in [0, 0.1) is 5.82 Å². The van der Waals surface area contributed by atoms with Gasteiger partial charge in [0.15, 0.2) is 5.82 Å². The molecule has 0 fully saturated rings. The number of halogens is 1. The Kier molecular flexibility index (Phi) is 4.24. The summed E-state index contributed by atoms with van der Waals surface area (Å²) in [6.07, 6.45) is -0.663. The summed E-state index contributed by atoms with van der Waals surface area (Å²) in [5.74, 6) is 0.318. The highest BCUT2D eigenvalue weighted by atomic mass is 19.1. The molecule has 114 valence electrons. The Labute approximate surface area is 131 Å². The van der Waals surface area contributed by atoms with E-state index >= 15 is 0 Å². The maximum atomic E-state index is 13.2. The van der Waals surface area contributed by atoms with Crippen molar-refractivity contribution in [3.8, 4) is 17.0 Å². The summed E-state index contributed by atoms with van der Waals surface area (Å²) in [5.41, 5.74) is 1.11. The molecule has 23 heavy (non-hydrogen) atoms. The smallest absolute Gasteiger partial charge is 0.410 e. The van der Waals surface area contributed by atoms with Gasteiger partial charge in [-0.2, -0.15) is 0 Å². The highest BCUT2D eigenvalue weighted by Gasteiger charge is 2.07. The van der Waals surface area contributed by atoms with Gasteiger partial charge in [-0.25, -0.2) is 9.18 Å². The van der Waals surface area contributed by atoms with Gasteiger partial charge in [-0.05, 0) is 36.4 Å². The standard InChI is InChI=1S/C17H12FN3O2/c18-13-6-4-5-12(11-13)15-9-10-16(21-20-15)19-17(22)23-14-7-2-1-3-8-14/h1-11H,(H,19,21,22). The first kappa shape index (κ1) is 14.6. The second-order valence-corrected chi connectivity index (χ2v) is 4.64. The van der Waals surface area contributed by atoms with Crippen LogP contribution in [-0.4, -0.2) is 16.3 Å². The molecule has 0 saturated carbocycles. The van der Waals surface area contributed by atoms with Crippen LogP contribution in [0.3, 0.4) is 0 Å². The fraction of sp³-hybridized carbons (Fsp3) is 0. The average molecular weight is 309 g/mol. The second kappa shape index (κ2) is 6.65. The minimum atomic E-state index is -0.663. The molecule has 1 aromatic heterocycles. The Morgan fingerprint density at radius 2 is 1.78 bits per heavy atom. The molecule has 0 unspecified atom stereocenters. The Balaban J connectivity index is 1.67. The van der Waals surface area contributed by atoms with Crippen LogP contribution in [0.25, 0.3) is 11.3 Å². The molecule has 1 N–H and O–H groups in total. The van der Waals surface area contributed by atoms with Gasteiger partial charge < -0.3 is 4.74 Å². The van der Waals surface area contributed by atoms with Crippen molar-refractivity contribution < 1.29 is 13.9 Å². The summed E-state index contributed by atoms with van der Waals surface area (Å²) < 4.78 is 18.3. The maximum Gasteiger partial charge on any atom is 0.418 e. The number of benzene rings is 2. The van der Waals surface area contributed by atoms with E-state index in [9.17, 15) is 9.18 Å². The zero-order valence-electron chi connectivity index (χ0n) is 11.9. The van der Waals surface area contributed by atoms with Crippen molar-refractivity contribution in [2.45, 2.75) is 0 Å². The zero-order chi connectivity index (χ0) is 16.1. The largest absolute Gasteiger partial charge is 0.418 e. The number of rotatable bonds is 3. The van der Waals surface area contributed by atoms with Crippen molar-refractivity contribution in [1.82, 2.24) is 10.2 Å². The number of aromatic nitrogens is 2. The number of hydrogen-bond donors (Lipinski definition) is 1. The summed E-state index contributed by atoms with van der Waals surface area (Å²) in [6.45, 7) is 0. The minimum Gasteiger partial charge on any atom is -0.410 e. The quantitative estimate of drug-likeness (QED) is 0.797. The van der Waals surface area contributed by atoms with E-state index in [4.69, 9.17) is 4.74 Å². The number of para-hydroxylation sites is 1. The fourth-order valence-corrected chi connectivity index (χ4v) is 1.93. The molecular formula is C17H12FN3O2. The van der Waals surface area contributed by atoms with Gasteiger partial charge in [-0.15, -0.1) is 10.2 Å². The summed E-state index contributed by atoms with van der Waals surface area (Å²) >= 11 is 0. The Bertz CT molecular complexity index is 808. The molecule has 1 heterocycles. The van der Waals surface area contributed by atoms with E-state index in [2.05, 4.69) is 15.5 Å². The van der Waals surface area contributed by atoms with E-state index in [0.29, 0.717) is 17.0 Å². The van der Waals surface area contributed by atoms with Crippen molar-refractivity contribution in [3.05, 3.63) is 72.5 Å². The van der Waals surface area contributed by atoms with Gasteiger partial charge in [0, 0.05) is 5.56 Å². The SMILES string of the molecule is O=C(Nc1ccc(-c2cccc(F)c2)nn1)Oc1ccccc1. The van der Waals surface area contributed by atoms with Gasteiger partial charge in [0.25, 0.3) is 0 Å². The van der Waals surface area contributed by atoms with Crippen molar-refractivity contribution in [3.63, 3.8) is 0 Å². The molecule has 0 aliphatic heterocycles.